The van der Waals surface area contributed by atoms with E-state index in [0.29, 0.717) is 5.75 Å². The SMILES string of the molecule is CCOC(=O)/C(=N\O)C(=O)CSCCO. The molecule has 0 aromatic rings. The molecule has 15 heavy (non-hydrogen) atoms. The summed E-state index contributed by atoms with van der Waals surface area (Å²) in [5, 5.41) is 19.5. The Morgan fingerprint density at radius 1 is 1.47 bits per heavy atom. The maximum atomic E-state index is 11.3. The summed E-state index contributed by atoms with van der Waals surface area (Å²) in [5.41, 5.74) is -0.609. The second kappa shape index (κ2) is 8.25. The number of oxime groups is 1. The van der Waals surface area contributed by atoms with Gasteiger partial charge in [-0.3, -0.25) is 4.79 Å². The largest absolute Gasteiger partial charge is 0.461 e. The van der Waals surface area contributed by atoms with Crippen molar-refractivity contribution in [3.8, 4) is 0 Å². The monoisotopic (exact) mass is 235 g/mol. The number of nitrogens with zero attached hydrogens (tertiary/aromatic N) is 1. The van der Waals surface area contributed by atoms with Gasteiger partial charge in [0, 0.05) is 5.75 Å². The number of hydrogen-bond acceptors (Lipinski definition) is 7. The van der Waals surface area contributed by atoms with Crippen LogP contribution < -0.4 is 0 Å². The molecule has 0 aliphatic carbocycles. The lowest BCUT2D eigenvalue weighted by Gasteiger charge is -2.02. The van der Waals surface area contributed by atoms with Crippen molar-refractivity contribution in [2.24, 2.45) is 5.16 Å². The first-order valence-electron chi connectivity index (χ1n) is 4.28. The number of carbonyl (C=O) groups excluding carboxylic acids is 2. The fourth-order valence-corrected chi connectivity index (χ4v) is 1.30. The van der Waals surface area contributed by atoms with E-state index < -0.39 is 17.5 Å². The molecule has 0 radical (unpaired) electrons. The van der Waals surface area contributed by atoms with Gasteiger partial charge in [0.15, 0.2) is 0 Å². The molecular weight excluding hydrogens is 222 g/mol. The first-order valence-corrected chi connectivity index (χ1v) is 5.43. The Hall–Kier alpha value is -1.08. The van der Waals surface area contributed by atoms with Crippen LogP contribution in [0.2, 0.25) is 0 Å². The lowest BCUT2D eigenvalue weighted by molar-refractivity contribution is -0.135. The van der Waals surface area contributed by atoms with Gasteiger partial charge >= 0.3 is 5.97 Å². The highest BCUT2D eigenvalue weighted by Crippen LogP contribution is 2.00. The van der Waals surface area contributed by atoms with E-state index in [0.717, 1.165) is 11.8 Å². The molecule has 0 bridgehead atoms. The number of esters is 1. The quantitative estimate of drug-likeness (QED) is 0.157. The molecule has 0 aromatic heterocycles. The number of ketones is 1. The van der Waals surface area contributed by atoms with E-state index in [-0.39, 0.29) is 19.0 Å². The summed E-state index contributed by atoms with van der Waals surface area (Å²) in [6, 6.07) is 0. The number of aliphatic hydroxyl groups excluding tert-OH is 1. The fourth-order valence-electron chi connectivity index (χ4n) is 0.708. The molecule has 0 unspecified atom stereocenters. The Morgan fingerprint density at radius 3 is 2.60 bits per heavy atom. The van der Waals surface area contributed by atoms with E-state index in [1.165, 1.54) is 0 Å². The first-order chi connectivity index (χ1) is 7.17. The molecule has 0 fully saturated rings. The van der Waals surface area contributed by atoms with Crippen LogP contribution in [0.25, 0.3) is 0 Å². The van der Waals surface area contributed by atoms with Gasteiger partial charge in [0.1, 0.15) is 0 Å². The zero-order valence-corrected chi connectivity index (χ0v) is 9.12. The van der Waals surface area contributed by atoms with Gasteiger partial charge in [-0.15, -0.1) is 0 Å². The number of aliphatic hydroxyl groups is 1. The summed E-state index contributed by atoms with van der Waals surface area (Å²) in [5.74, 6) is -1.20. The van der Waals surface area contributed by atoms with Crippen LogP contribution in [0.5, 0.6) is 0 Å². The maximum Gasteiger partial charge on any atom is 0.364 e. The predicted octanol–water partition coefficient (Wildman–Crippen LogP) is -0.326. The number of hydrogen-bond donors (Lipinski definition) is 2. The van der Waals surface area contributed by atoms with Crippen LogP contribution in [0.1, 0.15) is 6.92 Å². The van der Waals surface area contributed by atoms with E-state index >= 15 is 0 Å². The van der Waals surface area contributed by atoms with Crippen LogP contribution in [-0.2, 0) is 14.3 Å². The molecule has 0 spiro atoms. The zero-order chi connectivity index (χ0) is 11.7. The van der Waals surface area contributed by atoms with Gasteiger partial charge in [-0.1, -0.05) is 5.16 Å². The molecule has 0 aromatic carbocycles. The van der Waals surface area contributed by atoms with Gasteiger partial charge in [-0.25, -0.2) is 4.79 Å². The van der Waals surface area contributed by atoms with Crippen LogP contribution in [0.15, 0.2) is 5.16 Å². The number of ether oxygens (including phenoxy) is 1. The number of rotatable bonds is 7. The summed E-state index contributed by atoms with van der Waals surface area (Å²) in [7, 11) is 0. The Balaban J connectivity index is 4.18. The van der Waals surface area contributed by atoms with Gasteiger partial charge < -0.3 is 15.1 Å². The highest BCUT2D eigenvalue weighted by molar-refractivity contribution is 8.00. The molecule has 0 aliphatic rings. The van der Waals surface area contributed by atoms with E-state index in [2.05, 4.69) is 9.89 Å². The third-order valence-electron chi connectivity index (χ3n) is 1.30. The highest BCUT2D eigenvalue weighted by Gasteiger charge is 2.21. The van der Waals surface area contributed by atoms with Crippen LogP contribution in [0, 0.1) is 0 Å². The standard InChI is InChI=1S/C8H13NO5S/c1-2-14-8(12)7(9-13)6(11)5-15-4-3-10/h10,13H,2-5H2,1H3/b9-7-. The minimum absolute atomic E-state index is 0.0290. The smallest absolute Gasteiger partial charge is 0.364 e. The van der Waals surface area contributed by atoms with Gasteiger partial charge in [-0.2, -0.15) is 11.8 Å². The first kappa shape index (κ1) is 13.9. The average molecular weight is 235 g/mol. The van der Waals surface area contributed by atoms with E-state index in [1.807, 2.05) is 0 Å². The molecule has 86 valence electrons. The van der Waals surface area contributed by atoms with Crippen LogP contribution >= 0.6 is 11.8 Å². The molecule has 7 heteroatoms. The van der Waals surface area contributed by atoms with Crippen molar-refractivity contribution >= 4 is 29.2 Å². The Morgan fingerprint density at radius 2 is 2.13 bits per heavy atom. The lowest BCUT2D eigenvalue weighted by atomic mass is 10.3. The van der Waals surface area contributed by atoms with E-state index in [4.69, 9.17) is 10.3 Å². The van der Waals surface area contributed by atoms with Crippen molar-refractivity contribution in [2.45, 2.75) is 6.92 Å². The summed E-state index contributed by atoms with van der Waals surface area (Å²) in [6.07, 6.45) is 0. The predicted molar refractivity (Wildman–Crippen MR) is 55.3 cm³/mol. The van der Waals surface area contributed by atoms with Gasteiger partial charge in [-0.05, 0) is 6.92 Å². The lowest BCUT2D eigenvalue weighted by Crippen LogP contribution is -2.28. The molecule has 0 rings (SSSR count). The van der Waals surface area contributed by atoms with Crippen molar-refractivity contribution in [2.75, 3.05) is 24.7 Å². The van der Waals surface area contributed by atoms with Gasteiger partial charge in [0.05, 0.1) is 19.0 Å². The van der Waals surface area contributed by atoms with Gasteiger partial charge in [0.25, 0.3) is 0 Å². The van der Waals surface area contributed by atoms with Crippen molar-refractivity contribution in [1.82, 2.24) is 0 Å². The second-order valence-electron chi connectivity index (χ2n) is 2.37. The van der Waals surface area contributed by atoms with Crippen molar-refractivity contribution < 1.29 is 24.6 Å². The third kappa shape index (κ3) is 5.38. The number of carbonyl (C=O) groups is 2. The minimum Gasteiger partial charge on any atom is -0.461 e. The summed E-state index contributed by atoms with van der Waals surface area (Å²) in [4.78, 5) is 22.3. The van der Waals surface area contributed by atoms with Crippen molar-refractivity contribution in [1.29, 1.82) is 0 Å². The Bertz CT molecular complexity index is 253. The van der Waals surface area contributed by atoms with E-state index in [1.54, 1.807) is 6.92 Å². The summed E-state index contributed by atoms with van der Waals surface area (Å²) < 4.78 is 4.51. The fraction of sp³-hybridized carbons (Fsp3) is 0.625. The molecule has 0 saturated carbocycles. The average Bonchev–Trinajstić information content (AvgIpc) is 2.19. The molecule has 6 nitrogen and oxygen atoms in total. The normalized spacial score (nSPS) is 11.2. The van der Waals surface area contributed by atoms with Crippen molar-refractivity contribution in [3.05, 3.63) is 0 Å². The molecule has 2 N–H and O–H groups in total. The summed E-state index contributed by atoms with van der Waals surface area (Å²) in [6.45, 7) is 1.63. The Kier molecular flexibility index (Phi) is 7.65. The van der Waals surface area contributed by atoms with Crippen molar-refractivity contribution in [3.63, 3.8) is 0 Å². The van der Waals surface area contributed by atoms with Gasteiger partial charge in [0.2, 0.25) is 11.5 Å². The minimum atomic E-state index is -0.936. The Labute approximate surface area is 91.3 Å². The van der Waals surface area contributed by atoms with E-state index in [9.17, 15) is 9.59 Å². The molecule has 0 atom stereocenters. The third-order valence-corrected chi connectivity index (χ3v) is 2.24. The number of Topliss-reactive ketones (excluding diaryl/α,β-unsaturated/α-hetero) is 1. The summed E-state index contributed by atoms with van der Waals surface area (Å²) >= 11 is 1.14. The molecular formula is C8H13NO5S. The van der Waals surface area contributed by atoms with Crippen LogP contribution in [0.4, 0.5) is 0 Å². The second-order valence-corrected chi connectivity index (χ2v) is 3.47. The topological polar surface area (TPSA) is 96.2 Å². The van der Waals surface area contributed by atoms with Crippen LogP contribution in [-0.4, -0.2) is 52.5 Å². The maximum absolute atomic E-state index is 11.3. The molecule has 0 heterocycles. The molecule has 0 saturated heterocycles. The number of thioether (sulfide) groups is 1. The van der Waals surface area contributed by atoms with Crippen LogP contribution in [0.3, 0.4) is 0 Å². The highest BCUT2D eigenvalue weighted by atomic mass is 32.2. The molecule has 0 aliphatic heterocycles. The molecule has 0 amide bonds. The zero-order valence-electron chi connectivity index (χ0n) is 8.30.